The first-order valence-electron chi connectivity index (χ1n) is 9.08. The Morgan fingerprint density at radius 2 is 1.45 bits per heavy atom. The molecule has 5 nitrogen and oxygen atoms in total. The molecule has 29 heavy (non-hydrogen) atoms. The first-order valence-corrected chi connectivity index (χ1v) is 11.3. The van der Waals surface area contributed by atoms with Crippen molar-refractivity contribution in [3.63, 3.8) is 0 Å². The Bertz CT molecular complexity index is 1030. The van der Waals surface area contributed by atoms with E-state index in [0.29, 0.717) is 23.8 Å². The molecule has 0 radical (unpaired) electrons. The van der Waals surface area contributed by atoms with Gasteiger partial charge in [0, 0.05) is 4.47 Å². The largest absolute Gasteiger partial charge is 0.497 e. The number of benzene rings is 3. The van der Waals surface area contributed by atoms with E-state index in [4.69, 9.17) is 9.47 Å². The summed E-state index contributed by atoms with van der Waals surface area (Å²) >= 11 is 3.41. The average molecular weight is 476 g/mol. The van der Waals surface area contributed by atoms with E-state index in [1.165, 1.54) is 4.31 Å². The lowest BCUT2D eigenvalue weighted by Crippen LogP contribution is -2.30. The Morgan fingerprint density at radius 1 is 0.862 bits per heavy atom. The van der Waals surface area contributed by atoms with Gasteiger partial charge in [-0.2, -0.15) is 0 Å². The molecule has 0 N–H and O–H groups in total. The topological polar surface area (TPSA) is 55.8 Å². The highest BCUT2D eigenvalue weighted by molar-refractivity contribution is 9.10. The Hall–Kier alpha value is -2.51. The molecule has 0 aromatic heterocycles. The molecular weight excluding hydrogens is 454 g/mol. The normalized spacial score (nSPS) is 11.1. The fraction of sp³-hybridized carbons (Fsp3) is 0.182. The van der Waals surface area contributed by atoms with Crippen LogP contribution >= 0.6 is 15.9 Å². The molecule has 3 rings (SSSR count). The molecule has 3 aromatic carbocycles. The fourth-order valence-electron chi connectivity index (χ4n) is 2.82. The second-order valence-corrected chi connectivity index (χ2v) is 9.02. The van der Waals surface area contributed by atoms with E-state index >= 15 is 0 Å². The molecule has 0 fully saturated rings. The highest BCUT2D eigenvalue weighted by Gasteiger charge is 2.25. The van der Waals surface area contributed by atoms with Gasteiger partial charge in [0.25, 0.3) is 10.0 Å². The second kappa shape index (κ2) is 9.33. The summed E-state index contributed by atoms with van der Waals surface area (Å²) in [5.41, 5.74) is 1.44. The van der Waals surface area contributed by atoms with Crippen molar-refractivity contribution < 1.29 is 17.9 Å². The van der Waals surface area contributed by atoms with Gasteiger partial charge >= 0.3 is 0 Å². The van der Waals surface area contributed by atoms with E-state index < -0.39 is 10.0 Å². The van der Waals surface area contributed by atoms with E-state index in [1.54, 1.807) is 55.6 Å². The van der Waals surface area contributed by atoms with Crippen molar-refractivity contribution in [2.75, 3.05) is 18.0 Å². The number of sulfonamides is 1. The van der Waals surface area contributed by atoms with Crippen LogP contribution in [0.1, 0.15) is 12.5 Å². The molecule has 0 bridgehead atoms. The lowest BCUT2D eigenvalue weighted by Gasteiger charge is -2.25. The first kappa shape index (κ1) is 21.2. The van der Waals surface area contributed by atoms with Gasteiger partial charge in [0.2, 0.25) is 0 Å². The van der Waals surface area contributed by atoms with Crippen LogP contribution in [0.2, 0.25) is 0 Å². The molecular formula is C22H22BrNO4S. The summed E-state index contributed by atoms with van der Waals surface area (Å²) in [6, 6.07) is 21.0. The quantitative estimate of drug-likeness (QED) is 0.446. The van der Waals surface area contributed by atoms with Crippen molar-refractivity contribution in [3.05, 3.63) is 82.8 Å². The van der Waals surface area contributed by atoms with Crippen LogP contribution in [0, 0.1) is 0 Å². The summed E-state index contributed by atoms with van der Waals surface area (Å²) in [4.78, 5) is 0.198. The third kappa shape index (κ3) is 5.10. The van der Waals surface area contributed by atoms with E-state index in [1.807, 2.05) is 31.2 Å². The summed E-state index contributed by atoms with van der Waals surface area (Å²) < 4.78 is 39.9. The number of methoxy groups -OCH3 is 1. The van der Waals surface area contributed by atoms with Crippen molar-refractivity contribution in [3.8, 4) is 11.5 Å². The third-order valence-corrected chi connectivity index (χ3v) is 6.64. The molecule has 0 saturated heterocycles. The summed E-state index contributed by atoms with van der Waals surface area (Å²) in [6.45, 7) is 2.66. The zero-order valence-electron chi connectivity index (χ0n) is 16.2. The Morgan fingerprint density at radius 3 is 2.00 bits per heavy atom. The van der Waals surface area contributed by atoms with Crippen molar-refractivity contribution in [1.29, 1.82) is 0 Å². The zero-order valence-corrected chi connectivity index (χ0v) is 18.6. The van der Waals surface area contributed by atoms with Gasteiger partial charge < -0.3 is 9.47 Å². The van der Waals surface area contributed by atoms with E-state index in [-0.39, 0.29) is 11.4 Å². The van der Waals surface area contributed by atoms with Crippen LogP contribution in [0.15, 0.2) is 82.2 Å². The Labute approximate surface area is 180 Å². The summed E-state index contributed by atoms with van der Waals surface area (Å²) in [7, 11) is -2.24. The molecule has 152 valence electrons. The predicted octanol–water partition coefficient (Wildman–Crippen LogP) is 5.25. The van der Waals surface area contributed by atoms with Gasteiger partial charge in [-0.3, -0.25) is 4.31 Å². The monoisotopic (exact) mass is 475 g/mol. The molecule has 0 heterocycles. The maximum atomic E-state index is 13.5. The SMILES string of the molecule is CCOc1ccc(N(Cc2ccc(Br)cc2)S(=O)(=O)c2ccc(OC)cc2)cc1. The molecule has 0 unspecified atom stereocenters. The second-order valence-electron chi connectivity index (χ2n) is 6.24. The van der Waals surface area contributed by atoms with Crippen molar-refractivity contribution in [2.45, 2.75) is 18.4 Å². The van der Waals surface area contributed by atoms with Gasteiger partial charge in [-0.15, -0.1) is 0 Å². The minimum Gasteiger partial charge on any atom is -0.497 e. The molecule has 7 heteroatoms. The van der Waals surface area contributed by atoms with Gasteiger partial charge in [-0.25, -0.2) is 8.42 Å². The van der Waals surface area contributed by atoms with Crippen LogP contribution in [0.5, 0.6) is 11.5 Å². The smallest absolute Gasteiger partial charge is 0.264 e. The van der Waals surface area contributed by atoms with E-state index in [2.05, 4.69) is 15.9 Å². The highest BCUT2D eigenvalue weighted by atomic mass is 79.9. The zero-order chi connectivity index (χ0) is 20.9. The van der Waals surface area contributed by atoms with Crippen LogP contribution < -0.4 is 13.8 Å². The maximum Gasteiger partial charge on any atom is 0.264 e. The van der Waals surface area contributed by atoms with Gasteiger partial charge in [-0.05, 0) is 73.2 Å². The lowest BCUT2D eigenvalue weighted by molar-refractivity contribution is 0.340. The van der Waals surface area contributed by atoms with Crippen molar-refractivity contribution in [1.82, 2.24) is 0 Å². The molecule has 0 atom stereocenters. The number of halogens is 1. The number of ether oxygens (including phenoxy) is 2. The number of rotatable bonds is 8. The summed E-state index contributed by atoms with van der Waals surface area (Å²) in [5.74, 6) is 1.30. The number of hydrogen-bond acceptors (Lipinski definition) is 4. The van der Waals surface area contributed by atoms with E-state index in [9.17, 15) is 8.42 Å². The molecule has 0 aliphatic rings. The minimum absolute atomic E-state index is 0.198. The molecule has 0 amide bonds. The van der Waals surface area contributed by atoms with E-state index in [0.717, 1.165) is 10.0 Å². The fourth-order valence-corrected chi connectivity index (χ4v) is 4.54. The predicted molar refractivity (Wildman–Crippen MR) is 118 cm³/mol. The average Bonchev–Trinajstić information content (AvgIpc) is 2.74. The lowest BCUT2D eigenvalue weighted by atomic mass is 10.2. The van der Waals surface area contributed by atoms with Crippen LogP contribution in [-0.2, 0) is 16.6 Å². The van der Waals surface area contributed by atoms with Gasteiger partial charge in [-0.1, -0.05) is 28.1 Å². The Balaban J connectivity index is 2.01. The number of nitrogens with zero attached hydrogens (tertiary/aromatic N) is 1. The van der Waals surface area contributed by atoms with Gasteiger partial charge in [0.1, 0.15) is 11.5 Å². The molecule has 3 aromatic rings. The Kier molecular flexibility index (Phi) is 6.82. The standard InChI is InChI=1S/C22H22BrNO4S/c1-3-28-21-10-8-19(9-11-21)24(16-17-4-6-18(23)7-5-17)29(25,26)22-14-12-20(27-2)13-15-22/h4-15H,3,16H2,1-2H3. The molecule has 0 spiro atoms. The number of anilines is 1. The highest BCUT2D eigenvalue weighted by Crippen LogP contribution is 2.29. The van der Waals surface area contributed by atoms with Gasteiger partial charge in [0.15, 0.2) is 0 Å². The molecule has 0 aliphatic heterocycles. The van der Waals surface area contributed by atoms with Crippen LogP contribution in [0.25, 0.3) is 0 Å². The summed E-state index contributed by atoms with van der Waals surface area (Å²) in [6.07, 6.45) is 0. The maximum absolute atomic E-state index is 13.5. The van der Waals surface area contributed by atoms with Crippen molar-refractivity contribution >= 4 is 31.6 Å². The summed E-state index contributed by atoms with van der Waals surface area (Å²) in [5, 5.41) is 0. The molecule has 0 aliphatic carbocycles. The van der Waals surface area contributed by atoms with Crippen LogP contribution in [0.4, 0.5) is 5.69 Å². The number of hydrogen-bond donors (Lipinski definition) is 0. The van der Waals surface area contributed by atoms with Crippen LogP contribution in [0.3, 0.4) is 0 Å². The first-order chi connectivity index (χ1) is 13.9. The molecule has 0 saturated carbocycles. The van der Waals surface area contributed by atoms with Gasteiger partial charge in [0.05, 0.1) is 30.8 Å². The van der Waals surface area contributed by atoms with Crippen LogP contribution in [-0.4, -0.2) is 22.1 Å². The third-order valence-electron chi connectivity index (χ3n) is 4.32. The van der Waals surface area contributed by atoms with Crippen molar-refractivity contribution in [2.24, 2.45) is 0 Å². The minimum atomic E-state index is -3.79.